The Morgan fingerprint density at radius 3 is 1.65 bits per heavy atom. The van der Waals surface area contributed by atoms with Crippen LogP contribution in [0.3, 0.4) is 0 Å². The Labute approximate surface area is 123 Å². The van der Waals surface area contributed by atoms with Crippen LogP contribution in [0, 0.1) is 0 Å². The molecule has 0 fully saturated rings. The summed E-state index contributed by atoms with van der Waals surface area (Å²) in [4.78, 5) is 4.60. The molecule has 0 aliphatic heterocycles. The fraction of sp³-hybridized carbons (Fsp3) is 0.421. The molecule has 1 nitrogen and oxygen atoms in total. The number of pyridine rings is 1. The standard InChI is InChI=1S/C19H25N/c1-18(2,3)14-10-9-11-15(19(4,5)6)17(14)16-12-7-8-13-20-16/h7-13H,1-6H3. The van der Waals surface area contributed by atoms with Gasteiger partial charge in [0.05, 0.1) is 5.69 Å². The van der Waals surface area contributed by atoms with E-state index in [1.807, 2.05) is 12.3 Å². The molecule has 1 heteroatoms. The van der Waals surface area contributed by atoms with E-state index in [9.17, 15) is 0 Å². The van der Waals surface area contributed by atoms with Crippen LogP contribution in [-0.4, -0.2) is 4.98 Å². The van der Waals surface area contributed by atoms with Gasteiger partial charge in [0.1, 0.15) is 0 Å². The SMILES string of the molecule is CC(C)(C)c1cccc(C(C)(C)C)c1-c1ccccn1. The van der Waals surface area contributed by atoms with Crippen molar-refractivity contribution in [1.29, 1.82) is 0 Å². The third-order valence-electron chi connectivity index (χ3n) is 3.60. The van der Waals surface area contributed by atoms with E-state index < -0.39 is 0 Å². The molecule has 0 amide bonds. The molecule has 0 unspecified atom stereocenters. The lowest BCUT2D eigenvalue weighted by molar-refractivity contribution is 0.571. The highest BCUT2D eigenvalue weighted by molar-refractivity contribution is 5.70. The zero-order valence-corrected chi connectivity index (χ0v) is 13.5. The second-order valence-corrected chi connectivity index (χ2v) is 7.44. The lowest BCUT2D eigenvalue weighted by Gasteiger charge is -2.29. The predicted octanol–water partition coefficient (Wildman–Crippen LogP) is 5.34. The molecule has 1 heterocycles. The predicted molar refractivity (Wildman–Crippen MR) is 87.1 cm³/mol. The highest BCUT2D eigenvalue weighted by Crippen LogP contribution is 2.39. The van der Waals surface area contributed by atoms with E-state index in [0.29, 0.717) is 0 Å². The van der Waals surface area contributed by atoms with Gasteiger partial charge in [0.15, 0.2) is 0 Å². The summed E-state index contributed by atoms with van der Waals surface area (Å²) in [7, 11) is 0. The largest absolute Gasteiger partial charge is 0.256 e. The number of hydrogen-bond acceptors (Lipinski definition) is 1. The van der Waals surface area contributed by atoms with Gasteiger partial charge in [-0.3, -0.25) is 4.98 Å². The van der Waals surface area contributed by atoms with Gasteiger partial charge >= 0.3 is 0 Å². The van der Waals surface area contributed by atoms with Gasteiger partial charge in [-0.15, -0.1) is 0 Å². The second-order valence-electron chi connectivity index (χ2n) is 7.44. The van der Waals surface area contributed by atoms with Crippen LogP contribution in [0.1, 0.15) is 52.7 Å². The topological polar surface area (TPSA) is 12.9 Å². The molecule has 0 atom stereocenters. The summed E-state index contributed by atoms with van der Waals surface area (Å²) in [5, 5.41) is 0. The summed E-state index contributed by atoms with van der Waals surface area (Å²) >= 11 is 0. The maximum absolute atomic E-state index is 4.60. The minimum atomic E-state index is 0.105. The van der Waals surface area contributed by atoms with Crippen LogP contribution in [0.25, 0.3) is 11.3 Å². The number of rotatable bonds is 1. The first-order chi connectivity index (χ1) is 9.21. The van der Waals surface area contributed by atoms with Crippen molar-refractivity contribution in [3.63, 3.8) is 0 Å². The van der Waals surface area contributed by atoms with Crippen LogP contribution in [0.2, 0.25) is 0 Å². The lowest BCUT2D eigenvalue weighted by atomic mass is 9.75. The van der Waals surface area contributed by atoms with Gasteiger partial charge in [-0.2, -0.15) is 0 Å². The van der Waals surface area contributed by atoms with Crippen molar-refractivity contribution in [3.8, 4) is 11.3 Å². The van der Waals surface area contributed by atoms with Crippen LogP contribution in [0.15, 0.2) is 42.6 Å². The van der Waals surface area contributed by atoms with Crippen molar-refractivity contribution in [1.82, 2.24) is 4.98 Å². The molecule has 1 aromatic carbocycles. The van der Waals surface area contributed by atoms with Crippen molar-refractivity contribution < 1.29 is 0 Å². The first-order valence-electron chi connectivity index (χ1n) is 7.26. The molecule has 0 radical (unpaired) electrons. The van der Waals surface area contributed by atoms with Crippen LogP contribution in [-0.2, 0) is 10.8 Å². The summed E-state index contributed by atoms with van der Waals surface area (Å²) < 4.78 is 0. The van der Waals surface area contributed by atoms with E-state index in [2.05, 4.69) is 76.9 Å². The summed E-state index contributed by atoms with van der Waals surface area (Å²) in [5.41, 5.74) is 5.31. The first-order valence-corrected chi connectivity index (χ1v) is 7.26. The van der Waals surface area contributed by atoms with Gasteiger partial charge in [-0.05, 0) is 34.1 Å². The quantitative estimate of drug-likeness (QED) is 0.679. The number of aromatic nitrogens is 1. The van der Waals surface area contributed by atoms with E-state index in [0.717, 1.165) is 5.69 Å². The maximum atomic E-state index is 4.60. The molecule has 106 valence electrons. The number of nitrogens with zero attached hydrogens (tertiary/aromatic N) is 1. The number of benzene rings is 1. The van der Waals surface area contributed by atoms with Gasteiger partial charge in [-0.1, -0.05) is 65.8 Å². The smallest absolute Gasteiger partial charge is 0.0707 e. The summed E-state index contributed by atoms with van der Waals surface area (Å²) in [5.74, 6) is 0. The zero-order chi connectivity index (χ0) is 15.0. The monoisotopic (exact) mass is 267 g/mol. The molecule has 0 saturated heterocycles. The Kier molecular flexibility index (Phi) is 3.73. The first kappa shape index (κ1) is 14.8. The van der Waals surface area contributed by atoms with E-state index >= 15 is 0 Å². The molecule has 0 aliphatic carbocycles. The fourth-order valence-corrected chi connectivity index (χ4v) is 2.59. The molecule has 0 saturated carbocycles. The highest BCUT2D eigenvalue weighted by atomic mass is 14.7. The fourth-order valence-electron chi connectivity index (χ4n) is 2.59. The summed E-state index contributed by atoms with van der Waals surface area (Å²) in [6.45, 7) is 13.6. The average Bonchev–Trinajstić information content (AvgIpc) is 2.37. The average molecular weight is 267 g/mol. The Morgan fingerprint density at radius 2 is 1.25 bits per heavy atom. The van der Waals surface area contributed by atoms with Crippen molar-refractivity contribution in [2.45, 2.75) is 52.4 Å². The molecule has 2 rings (SSSR count). The number of hydrogen-bond donors (Lipinski definition) is 0. The molecular weight excluding hydrogens is 242 g/mol. The van der Waals surface area contributed by atoms with Gasteiger partial charge in [0.25, 0.3) is 0 Å². The van der Waals surface area contributed by atoms with Crippen LogP contribution in [0.5, 0.6) is 0 Å². The molecule has 0 N–H and O–H groups in total. The third-order valence-corrected chi connectivity index (χ3v) is 3.60. The Bertz CT molecular complexity index is 551. The Morgan fingerprint density at radius 1 is 0.700 bits per heavy atom. The highest BCUT2D eigenvalue weighted by Gasteiger charge is 2.26. The molecule has 2 aromatic rings. The second kappa shape index (κ2) is 5.05. The van der Waals surface area contributed by atoms with E-state index in [1.54, 1.807) is 0 Å². The van der Waals surface area contributed by atoms with E-state index in [1.165, 1.54) is 16.7 Å². The van der Waals surface area contributed by atoms with Crippen LogP contribution >= 0.6 is 0 Å². The van der Waals surface area contributed by atoms with E-state index in [4.69, 9.17) is 0 Å². The molecular formula is C19H25N. The van der Waals surface area contributed by atoms with Gasteiger partial charge < -0.3 is 0 Å². The van der Waals surface area contributed by atoms with Crippen LogP contribution in [0.4, 0.5) is 0 Å². The van der Waals surface area contributed by atoms with Gasteiger partial charge in [0.2, 0.25) is 0 Å². The minimum absolute atomic E-state index is 0.105. The van der Waals surface area contributed by atoms with Gasteiger partial charge in [0, 0.05) is 11.8 Å². The molecule has 0 spiro atoms. The summed E-state index contributed by atoms with van der Waals surface area (Å²) in [6.07, 6.45) is 1.88. The molecule has 20 heavy (non-hydrogen) atoms. The Balaban J connectivity index is 2.80. The summed E-state index contributed by atoms with van der Waals surface area (Å²) in [6, 6.07) is 12.8. The van der Waals surface area contributed by atoms with Crippen LogP contribution < -0.4 is 0 Å². The molecule has 0 aliphatic rings. The van der Waals surface area contributed by atoms with Gasteiger partial charge in [-0.25, -0.2) is 0 Å². The lowest BCUT2D eigenvalue weighted by Crippen LogP contribution is -2.19. The molecule has 1 aromatic heterocycles. The normalized spacial score (nSPS) is 12.5. The van der Waals surface area contributed by atoms with E-state index in [-0.39, 0.29) is 10.8 Å². The third kappa shape index (κ3) is 2.92. The van der Waals surface area contributed by atoms with Crippen molar-refractivity contribution in [2.75, 3.05) is 0 Å². The van der Waals surface area contributed by atoms with Crippen molar-refractivity contribution in [2.24, 2.45) is 0 Å². The molecule has 0 bridgehead atoms. The minimum Gasteiger partial charge on any atom is -0.256 e. The van der Waals surface area contributed by atoms with Crippen molar-refractivity contribution in [3.05, 3.63) is 53.7 Å². The zero-order valence-electron chi connectivity index (χ0n) is 13.5. The maximum Gasteiger partial charge on any atom is 0.0707 e. The van der Waals surface area contributed by atoms with Crippen molar-refractivity contribution >= 4 is 0 Å². The Hall–Kier alpha value is -1.63.